The maximum absolute atomic E-state index is 13.0. The van der Waals surface area contributed by atoms with E-state index in [0.717, 1.165) is 24.3 Å². The molecule has 0 N–H and O–H groups in total. The smallest absolute Gasteiger partial charge is 0.226 e. The van der Waals surface area contributed by atoms with Gasteiger partial charge >= 0.3 is 0 Å². The third kappa shape index (κ3) is 3.92. The number of oxazole rings is 1. The van der Waals surface area contributed by atoms with Gasteiger partial charge in [0.1, 0.15) is 24.7 Å². The molecule has 0 saturated carbocycles. The molecule has 4 rings (SSSR count). The van der Waals surface area contributed by atoms with Crippen molar-refractivity contribution < 1.29 is 13.5 Å². The normalized spacial score (nSPS) is 18.5. The molecule has 1 atom stereocenters. The molecule has 25 heavy (non-hydrogen) atoms. The number of benzene rings is 1. The lowest BCUT2D eigenvalue weighted by molar-refractivity contribution is -0.0406. The van der Waals surface area contributed by atoms with Gasteiger partial charge in [-0.25, -0.2) is 14.4 Å². The molecule has 3 aromatic rings. The molecular formula is C17H18FN5O2. The molecule has 7 nitrogen and oxygen atoms in total. The van der Waals surface area contributed by atoms with Gasteiger partial charge < -0.3 is 9.15 Å². The molecule has 130 valence electrons. The first-order chi connectivity index (χ1) is 12.3. The van der Waals surface area contributed by atoms with Crippen LogP contribution in [0.2, 0.25) is 0 Å². The summed E-state index contributed by atoms with van der Waals surface area (Å²) in [6.07, 6.45) is 4.93. The van der Waals surface area contributed by atoms with Crippen molar-refractivity contribution in [1.82, 2.24) is 24.6 Å². The van der Waals surface area contributed by atoms with Gasteiger partial charge in [0.15, 0.2) is 0 Å². The molecule has 0 unspecified atom stereocenters. The van der Waals surface area contributed by atoms with Crippen LogP contribution in [-0.4, -0.2) is 50.4 Å². The van der Waals surface area contributed by atoms with Gasteiger partial charge in [0.2, 0.25) is 5.89 Å². The Kier molecular flexibility index (Phi) is 4.53. The minimum Gasteiger partial charge on any atom is -0.444 e. The van der Waals surface area contributed by atoms with E-state index >= 15 is 0 Å². The molecule has 0 amide bonds. The zero-order valence-corrected chi connectivity index (χ0v) is 13.6. The van der Waals surface area contributed by atoms with Crippen LogP contribution < -0.4 is 0 Å². The Balaban J connectivity index is 1.37. The number of halogens is 1. The zero-order valence-electron chi connectivity index (χ0n) is 13.6. The molecule has 1 fully saturated rings. The predicted molar refractivity (Wildman–Crippen MR) is 86.9 cm³/mol. The highest BCUT2D eigenvalue weighted by molar-refractivity contribution is 5.52. The van der Waals surface area contributed by atoms with Gasteiger partial charge in [-0.1, -0.05) is 0 Å². The second kappa shape index (κ2) is 7.12. The van der Waals surface area contributed by atoms with E-state index in [2.05, 4.69) is 20.0 Å². The fraction of sp³-hybridized carbons (Fsp3) is 0.353. The Labute approximate surface area is 144 Å². The Morgan fingerprint density at radius 3 is 2.92 bits per heavy atom. The maximum Gasteiger partial charge on any atom is 0.226 e. The Morgan fingerprint density at radius 2 is 2.12 bits per heavy atom. The van der Waals surface area contributed by atoms with Gasteiger partial charge in [-0.05, 0) is 24.3 Å². The highest BCUT2D eigenvalue weighted by Crippen LogP contribution is 2.20. The summed E-state index contributed by atoms with van der Waals surface area (Å²) in [5.74, 6) is 0.227. The topological polar surface area (TPSA) is 69.2 Å². The third-order valence-electron chi connectivity index (χ3n) is 4.11. The van der Waals surface area contributed by atoms with Gasteiger partial charge in [0.25, 0.3) is 0 Å². The second-order valence-corrected chi connectivity index (χ2v) is 6.00. The molecule has 0 aliphatic carbocycles. The van der Waals surface area contributed by atoms with Crippen LogP contribution in [-0.2, 0) is 17.8 Å². The van der Waals surface area contributed by atoms with E-state index in [1.807, 2.05) is 0 Å². The summed E-state index contributed by atoms with van der Waals surface area (Å²) in [6.45, 7) is 3.66. The van der Waals surface area contributed by atoms with E-state index < -0.39 is 0 Å². The van der Waals surface area contributed by atoms with Crippen molar-refractivity contribution in [2.45, 2.75) is 19.2 Å². The number of morpholine rings is 1. The number of aromatic nitrogens is 4. The number of ether oxygens (including phenoxy) is 1. The molecule has 2 aromatic heterocycles. The third-order valence-corrected chi connectivity index (χ3v) is 4.11. The van der Waals surface area contributed by atoms with Crippen LogP contribution in [0.4, 0.5) is 4.39 Å². The summed E-state index contributed by atoms with van der Waals surface area (Å²) in [5.41, 5.74) is 1.61. The van der Waals surface area contributed by atoms with Crippen molar-refractivity contribution in [1.29, 1.82) is 0 Å². The molecule has 0 bridgehead atoms. The van der Waals surface area contributed by atoms with Crippen molar-refractivity contribution in [3.63, 3.8) is 0 Å². The molecule has 1 aliphatic heterocycles. The van der Waals surface area contributed by atoms with Gasteiger partial charge in [-0.3, -0.25) is 9.58 Å². The van der Waals surface area contributed by atoms with Crippen molar-refractivity contribution in [2.75, 3.05) is 19.7 Å². The van der Waals surface area contributed by atoms with Crippen molar-refractivity contribution >= 4 is 0 Å². The zero-order chi connectivity index (χ0) is 17.1. The molecular weight excluding hydrogens is 325 g/mol. The molecule has 1 saturated heterocycles. The monoisotopic (exact) mass is 343 g/mol. The molecule has 3 heterocycles. The number of hydrogen-bond acceptors (Lipinski definition) is 6. The standard InChI is InChI=1S/C17H18FN5O2/c18-14-3-1-13(2-4-14)17-21-15(10-25-17)7-22-5-6-24-16(8-22)9-23-12-19-11-20-23/h1-4,10-12,16H,5-9H2/t16-/m0/s1. The van der Waals surface area contributed by atoms with Gasteiger partial charge in [0.05, 0.1) is 24.9 Å². The van der Waals surface area contributed by atoms with Gasteiger partial charge in [-0.15, -0.1) is 0 Å². The first-order valence-corrected chi connectivity index (χ1v) is 8.13. The van der Waals surface area contributed by atoms with E-state index in [1.54, 1.807) is 29.4 Å². The van der Waals surface area contributed by atoms with Crippen molar-refractivity contribution in [3.05, 3.63) is 54.7 Å². The molecule has 1 aromatic carbocycles. The van der Waals surface area contributed by atoms with Crippen LogP contribution >= 0.6 is 0 Å². The quantitative estimate of drug-likeness (QED) is 0.705. The largest absolute Gasteiger partial charge is 0.444 e. The van der Waals surface area contributed by atoms with E-state index in [9.17, 15) is 4.39 Å². The minimum absolute atomic E-state index is 0.0684. The average Bonchev–Trinajstić information content (AvgIpc) is 3.28. The fourth-order valence-electron chi connectivity index (χ4n) is 2.90. The first-order valence-electron chi connectivity index (χ1n) is 8.13. The summed E-state index contributed by atoms with van der Waals surface area (Å²) in [7, 11) is 0. The molecule has 8 heteroatoms. The Hall–Kier alpha value is -2.58. The summed E-state index contributed by atoms with van der Waals surface area (Å²) in [6, 6.07) is 6.12. The molecule has 0 spiro atoms. The average molecular weight is 343 g/mol. The van der Waals surface area contributed by atoms with E-state index in [-0.39, 0.29) is 11.9 Å². The Morgan fingerprint density at radius 1 is 1.24 bits per heavy atom. The lowest BCUT2D eigenvalue weighted by Gasteiger charge is -2.32. The van der Waals surface area contributed by atoms with Crippen LogP contribution in [0.3, 0.4) is 0 Å². The second-order valence-electron chi connectivity index (χ2n) is 6.00. The van der Waals surface area contributed by atoms with Crippen molar-refractivity contribution in [2.24, 2.45) is 0 Å². The SMILES string of the molecule is Fc1ccc(-c2nc(CN3CCO[C@H](Cn4cncn4)C3)co2)cc1. The Bertz CT molecular complexity index is 803. The highest BCUT2D eigenvalue weighted by Gasteiger charge is 2.22. The molecule has 0 radical (unpaired) electrons. The molecule has 1 aliphatic rings. The van der Waals surface area contributed by atoms with Crippen LogP contribution in [0.5, 0.6) is 0 Å². The summed E-state index contributed by atoms with van der Waals surface area (Å²) in [5, 5.41) is 4.12. The van der Waals surface area contributed by atoms with Gasteiger partial charge in [0, 0.05) is 25.2 Å². The van der Waals surface area contributed by atoms with Crippen LogP contribution in [0.25, 0.3) is 11.5 Å². The fourth-order valence-corrected chi connectivity index (χ4v) is 2.90. The lowest BCUT2D eigenvalue weighted by atomic mass is 10.2. The van der Waals surface area contributed by atoms with Crippen LogP contribution in [0.1, 0.15) is 5.69 Å². The van der Waals surface area contributed by atoms with E-state index in [1.165, 1.54) is 18.5 Å². The summed E-state index contributed by atoms with van der Waals surface area (Å²) in [4.78, 5) is 10.7. The number of hydrogen-bond donors (Lipinski definition) is 0. The maximum atomic E-state index is 13.0. The van der Waals surface area contributed by atoms with Gasteiger partial charge in [-0.2, -0.15) is 5.10 Å². The van der Waals surface area contributed by atoms with Crippen LogP contribution in [0, 0.1) is 5.82 Å². The van der Waals surface area contributed by atoms with E-state index in [0.29, 0.717) is 25.6 Å². The predicted octanol–water partition coefficient (Wildman–Crippen LogP) is 1.97. The van der Waals surface area contributed by atoms with Crippen molar-refractivity contribution in [3.8, 4) is 11.5 Å². The summed E-state index contributed by atoms with van der Waals surface area (Å²) >= 11 is 0. The number of nitrogens with zero attached hydrogens (tertiary/aromatic N) is 5. The van der Waals surface area contributed by atoms with E-state index in [4.69, 9.17) is 9.15 Å². The minimum atomic E-state index is -0.276. The van der Waals surface area contributed by atoms with Crippen LogP contribution in [0.15, 0.2) is 47.6 Å². The summed E-state index contributed by atoms with van der Waals surface area (Å²) < 4.78 is 26.1. The lowest BCUT2D eigenvalue weighted by Crippen LogP contribution is -2.43. The first kappa shape index (κ1) is 15.9. The highest BCUT2D eigenvalue weighted by atomic mass is 19.1. The number of rotatable bonds is 5.